The van der Waals surface area contributed by atoms with Gasteiger partial charge >= 0.3 is 0 Å². The summed E-state index contributed by atoms with van der Waals surface area (Å²) in [6.45, 7) is 8.68. The molecule has 4 N–H and O–H groups in total. The van der Waals surface area contributed by atoms with E-state index >= 15 is 0 Å². The normalized spacial score (nSPS) is 22.9. The maximum atomic E-state index is 11.7. The standard InChI is InChI=1S/C18H30N4O2/c1-11(18(2,3)4)9-15-14(16(19)24)10-20-17(22-15)21-12-5-7-13(23)8-6-12/h10-13,23H,5-9H2,1-4H3,(H2,19,24)(H,20,21,22)/t11-,12?,13?/m0/s1. The van der Waals surface area contributed by atoms with Gasteiger partial charge in [0.1, 0.15) is 0 Å². The smallest absolute Gasteiger partial charge is 0.252 e. The number of carbonyl (C=O) groups excluding carboxylic acids is 1. The van der Waals surface area contributed by atoms with E-state index in [4.69, 9.17) is 5.73 Å². The Morgan fingerprint density at radius 1 is 1.38 bits per heavy atom. The van der Waals surface area contributed by atoms with Crippen LogP contribution in [0.3, 0.4) is 0 Å². The maximum Gasteiger partial charge on any atom is 0.252 e. The molecule has 0 aromatic carbocycles. The second-order valence-corrected chi connectivity index (χ2v) is 8.04. The molecule has 0 bridgehead atoms. The Labute approximate surface area is 144 Å². The van der Waals surface area contributed by atoms with Crippen molar-refractivity contribution in [2.75, 3.05) is 5.32 Å². The molecule has 24 heavy (non-hydrogen) atoms. The van der Waals surface area contributed by atoms with E-state index in [1.54, 1.807) is 0 Å². The second-order valence-electron chi connectivity index (χ2n) is 8.04. The van der Waals surface area contributed by atoms with Gasteiger partial charge < -0.3 is 16.2 Å². The van der Waals surface area contributed by atoms with Gasteiger partial charge in [-0.25, -0.2) is 9.97 Å². The van der Waals surface area contributed by atoms with Gasteiger partial charge in [-0.05, 0) is 43.4 Å². The van der Waals surface area contributed by atoms with E-state index in [0.29, 0.717) is 29.5 Å². The topological polar surface area (TPSA) is 101 Å². The van der Waals surface area contributed by atoms with Crippen molar-refractivity contribution in [1.29, 1.82) is 0 Å². The largest absolute Gasteiger partial charge is 0.393 e. The SMILES string of the molecule is C[C@@H](Cc1nc(NC2CCC(O)CC2)ncc1C(N)=O)C(C)(C)C. The third kappa shape index (κ3) is 4.90. The van der Waals surface area contributed by atoms with Crippen LogP contribution in [0, 0.1) is 11.3 Å². The molecule has 1 aromatic rings. The van der Waals surface area contributed by atoms with Crippen molar-refractivity contribution in [3.63, 3.8) is 0 Å². The summed E-state index contributed by atoms with van der Waals surface area (Å²) in [4.78, 5) is 20.5. The fraction of sp³-hybridized carbons (Fsp3) is 0.722. The van der Waals surface area contributed by atoms with E-state index in [2.05, 4.69) is 43.0 Å². The summed E-state index contributed by atoms with van der Waals surface area (Å²) in [5.74, 6) is 0.402. The number of hydrogen-bond donors (Lipinski definition) is 3. The summed E-state index contributed by atoms with van der Waals surface area (Å²) in [5, 5.41) is 12.9. The number of rotatable bonds is 5. The lowest BCUT2D eigenvalue weighted by molar-refractivity contribution is 0.0997. The van der Waals surface area contributed by atoms with Crippen LogP contribution in [-0.2, 0) is 6.42 Å². The molecule has 1 atom stereocenters. The van der Waals surface area contributed by atoms with Crippen molar-refractivity contribution in [1.82, 2.24) is 9.97 Å². The number of aliphatic hydroxyl groups is 1. The van der Waals surface area contributed by atoms with E-state index < -0.39 is 5.91 Å². The first-order chi connectivity index (χ1) is 11.2. The van der Waals surface area contributed by atoms with Crippen molar-refractivity contribution >= 4 is 11.9 Å². The molecule has 0 radical (unpaired) electrons. The van der Waals surface area contributed by atoms with Crippen LogP contribution >= 0.6 is 0 Å². The lowest BCUT2D eigenvalue weighted by Crippen LogP contribution is -2.29. The molecule has 1 heterocycles. The minimum atomic E-state index is -0.488. The molecule has 134 valence electrons. The van der Waals surface area contributed by atoms with Gasteiger partial charge in [0.15, 0.2) is 0 Å². The lowest BCUT2D eigenvalue weighted by atomic mass is 9.79. The first-order valence-corrected chi connectivity index (χ1v) is 8.77. The molecule has 1 aromatic heterocycles. The summed E-state index contributed by atoms with van der Waals surface area (Å²) in [6, 6.07) is 0.265. The van der Waals surface area contributed by atoms with Gasteiger partial charge in [-0.15, -0.1) is 0 Å². The number of amides is 1. The molecule has 1 saturated carbocycles. The summed E-state index contributed by atoms with van der Waals surface area (Å²) in [5.41, 5.74) is 6.71. The van der Waals surface area contributed by atoms with E-state index in [1.807, 2.05) is 0 Å². The second kappa shape index (κ2) is 7.47. The van der Waals surface area contributed by atoms with Gasteiger partial charge in [-0.3, -0.25) is 4.79 Å². The third-order valence-corrected chi connectivity index (χ3v) is 5.14. The number of aromatic nitrogens is 2. The van der Waals surface area contributed by atoms with Crippen molar-refractivity contribution in [3.8, 4) is 0 Å². The molecule has 1 fully saturated rings. The van der Waals surface area contributed by atoms with E-state index in [0.717, 1.165) is 25.7 Å². The molecule has 0 unspecified atom stereocenters. The number of anilines is 1. The van der Waals surface area contributed by atoms with Crippen LogP contribution in [0.2, 0.25) is 0 Å². The quantitative estimate of drug-likeness (QED) is 0.768. The van der Waals surface area contributed by atoms with Crippen LogP contribution in [0.1, 0.15) is 69.4 Å². The highest BCUT2D eigenvalue weighted by Gasteiger charge is 2.24. The van der Waals surface area contributed by atoms with Crippen LogP contribution in [0.5, 0.6) is 0 Å². The van der Waals surface area contributed by atoms with Crippen molar-refractivity contribution < 1.29 is 9.90 Å². The van der Waals surface area contributed by atoms with E-state index in [9.17, 15) is 9.90 Å². The van der Waals surface area contributed by atoms with Crippen LogP contribution in [0.4, 0.5) is 5.95 Å². The van der Waals surface area contributed by atoms with Gasteiger partial charge in [0.2, 0.25) is 5.95 Å². The Morgan fingerprint density at radius 3 is 2.54 bits per heavy atom. The average Bonchev–Trinajstić information content (AvgIpc) is 2.48. The molecule has 0 aliphatic heterocycles. The van der Waals surface area contributed by atoms with Crippen LogP contribution in [0.15, 0.2) is 6.20 Å². The highest BCUT2D eigenvalue weighted by atomic mass is 16.3. The Morgan fingerprint density at radius 2 is 2.00 bits per heavy atom. The number of nitrogens with one attached hydrogen (secondary N) is 1. The maximum absolute atomic E-state index is 11.7. The highest BCUT2D eigenvalue weighted by molar-refractivity contribution is 5.93. The summed E-state index contributed by atoms with van der Waals surface area (Å²) >= 11 is 0. The Balaban J connectivity index is 2.16. The van der Waals surface area contributed by atoms with E-state index in [1.165, 1.54) is 6.20 Å². The molecule has 6 nitrogen and oxygen atoms in total. The summed E-state index contributed by atoms with van der Waals surface area (Å²) in [7, 11) is 0. The van der Waals surface area contributed by atoms with Gasteiger partial charge in [-0.2, -0.15) is 0 Å². The van der Waals surface area contributed by atoms with Gasteiger partial charge in [0.25, 0.3) is 5.91 Å². The minimum absolute atomic E-state index is 0.118. The average molecular weight is 334 g/mol. The molecule has 0 saturated heterocycles. The monoisotopic (exact) mass is 334 g/mol. The predicted molar refractivity (Wildman–Crippen MR) is 94.8 cm³/mol. The van der Waals surface area contributed by atoms with Gasteiger partial charge in [0.05, 0.1) is 17.4 Å². The van der Waals surface area contributed by atoms with E-state index in [-0.39, 0.29) is 17.6 Å². The zero-order chi connectivity index (χ0) is 17.9. The first kappa shape index (κ1) is 18.6. The lowest BCUT2D eigenvalue weighted by Gasteiger charge is -2.28. The minimum Gasteiger partial charge on any atom is -0.393 e. The fourth-order valence-corrected chi connectivity index (χ4v) is 2.85. The Bertz CT molecular complexity index is 575. The third-order valence-electron chi connectivity index (χ3n) is 5.14. The van der Waals surface area contributed by atoms with Gasteiger partial charge in [0, 0.05) is 12.2 Å². The number of nitrogens with two attached hydrogens (primary N) is 1. The number of nitrogens with zero attached hydrogens (tertiary/aromatic N) is 2. The molecular weight excluding hydrogens is 304 g/mol. The van der Waals surface area contributed by atoms with Crippen LogP contribution < -0.4 is 11.1 Å². The summed E-state index contributed by atoms with van der Waals surface area (Å²) < 4.78 is 0. The molecule has 6 heteroatoms. The Hall–Kier alpha value is -1.69. The number of hydrogen-bond acceptors (Lipinski definition) is 5. The zero-order valence-electron chi connectivity index (χ0n) is 15.2. The zero-order valence-corrected chi connectivity index (χ0v) is 15.2. The summed E-state index contributed by atoms with van der Waals surface area (Å²) in [6.07, 6.45) is 5.41. The van der Waals surface area contributed by atoms with Crippen LogP contribution in [0.25, 0.3) is 0 Å². The number of aliphatic hydroxyl groups excluding tert-OH is 1. The van der Waals surface area contributed by atoms with Crippen molar-refractivity contribution in [2.45, 2.75) is 71.9 Å². The molecule has 1 aliphatic carbocycles. The fourth-order valence-electron chi connectivity index (χ4n) is 2.85. The van der Waals surface area contributed by atoms with Crippen molar-refractivity contribution in [3.05, 3.63) is 17.5 Å². The van der Waals surface area contributed by atoms with Crippen molar-refractivity contribution in [2.24, 2.45) is 17.1 Å². The molecule has 2 rings (SSSR count). The number of primary amides is 1. The first-order valence-electron chi connectivity index (χ1n) is 8.77. The molecule has 1 aliphatic rings. The Kier molecular flexibility index (Phi) is 5.80. The molecular formula is C18H30N4O2. The highest BCUT2D eigenvalue weighted by Crippen LogP contribution is 2.29. The molecule has 0 spiro atoms. The van der Waals surface area contributed by atoms with Crippen LogP contribution in [-0.4, -0.2) is 33.1 Å². The van der Waals surface area contributed by atoms with Gasteiger partial charge in [-0.1, -0.05) is 27.7 Å². The molecule has 1 amide bonds. The predicted octanol–water partition coefficient (Wildman–Crippen LogP) is 2.52. The number of carbonyl (C=O) groups is 1.